The van der Waals surface area contributed by atoms with Gasteiger partial charge in [-0.25, -0.2) is 0 Å². The summed E-state index contributed by atoms with van der Waals surface area (Å²) >= 11 is 0. The summed E-state index contributed by atoms with van der Waals surface area (Å²) in [6, 6.07) is 4.69. The highest BCUT2D eigenvalue weighted by Crippen LogP contribution is 2.31. The highest BCUT2D eigenvalue weighted by molar-refractivity contribution is 5.95. The summed E-state index contributed by atoms with van der Waals surface area (Å²) < 4.78 is 0. The van der Waals surface area contributed by atoms with Gasteiger partial charge < -0.3 is 4.90 Å². The van der Waals surface area contributed by atoms with Crippen LogP contribution in [0.4, 0.5) is 11.4 Å². The number of benzene rings is 1. The van der Waals surface area contributed by atoms with Crippen LogP contribution in [0.15, 0.2) is 29.8 Å². The van der Waals surface area contributed by atoms with Crippen molar-refractivity contribution in [3.8, 4) is 0 Å². The molecule has 0 amide bonds. The Labute approximate surface area is 111 Å². The molecule has 0 fully saturated rings. The van der Waals surface area contributed by atoms with E-state index in [9.17, 15) is 14.9 Å². The van der Waals surface area contributed by atoms with Crippen LogP contribution in [0.5, 0.6) is 0 Å². The second-order valence-electron chi connectivity index (χ2n) is 4.78. The quantitative estimate of drug-likeness (QED) is 0.363. The number of nitro benzene ring substituents is 1. The number of ketones is 1. The number of hydrogen-bond acceptors (Lipinski definition) is 4. The van der Waals surface area contributed by atoms with Gasteiger partial charge in [0.05, 0.1) is 4.92 Å². The molecular formula is C14H16N2O3. The lowest BCUT2D eigenvalue weighted by Gasteiger charge is -2.28. The first-order chi connectivity index (χ1) is 8.99. The number of anilines is 1. The van der Waals surface area contributed by atoms with Crippen LogP contribution < -0.4 is 4.90 Å². The molecule has 0 spiro atoms. The second kappa shape index (κ2) is 5.22. The summed E-state index contributed by atoms with van der Waals surface area (Å²) in [5.74, 6) is -0.163. The predicted octanol–water partition coefficient (Wildman–Crippen LogP) is 2.95. The SMILES string of the molecule is CC(=O)c1ccc(N2CCC=C(C)C2)c([N+](=O)[O-])c1. The largest absolute Gasteiger partial charge is 0.362 e. The zero-order valence-corrected chi connectivity index (χ0v) is 11.0. The van der Waals surface area contributed by atoms with E-state index in [1.165, 1.54) is 18.6 Å². The Bertz CT molecular complexity index is 564. The number of nitro groups is 1. The van der Waals surface area contributed by atoms with E-state index in [1.807, 2.05) is 11.8 Å². The maximum absolute atomic E-state index is 11.3. The van der Waals surface area contributed by atoms with Crippen molar-refractivity contribution in [2.75, 3.05) is 18.0 Å². The van der Waals surface area contributed by atoms with Gasteiger partial charge in [0.15, 0.2) is 5.78 Å². The average molecular weight is 260 g/mol. The number of carbonyl (C=O) groups is 1. The summed E-state index contributed by atoms with van der Waals surface area (Å²) in [5, 5.41) is 11.2. The molecule has 0 N–H and O–H groups in total. The fourth-order valence-corrected chi connectivity index (χ4v) is 2.27. The molecule has 100 valence electrons. The van der Waals surface area contributed by atoms with E-state index in [-0.39, 0.29) is 11.5 Å². The molecular weight excluding hydrogens is 244 g/mol. The van der Waals surface area contributed by atoms with Gasteiger partial charge in [-0.1, -0.05) is 11.6 Å². The molecule has 19 heavy (non-hydrogen) atoms. The normalized spacial score (nSPS) is 15.1. The molecule has 0 atom stereocenters. The molecule has 0 radical (unpaired) electrons. The van der Waals surface area contributed by atoms with Gasteiger partial charge in [-0.2, -0.15) is 0 Å². The summed E-state index contributed by atoms with van der Waals surface area (Å²) in [6.45, 7) is 4.88. The third kappa shape index (κ3) is 2.81. The maximum Gasteiger partial charge on any atom is 0.293 e. The minimum atomic E-state index is -0.421. The third-order valence-electron chi connectivity index (χ3n) is 3.25. The van der Waals surface area contributed by atoms with Gasteiger partial charge in [0, 0.05) is 24.7 Å². The van der Waals surface area contributed by atoms with Gasteiger partial charge in [0.25, 0.3) is 5.69 Å². The molecule has 1 aliphatic rings. The lowest BCUT2D eigenvalue weighted by molar-refractivity contribution is -0.384. The van der Waals surface area contributed by atoms with Crippen LogP contribution in [0.25, 0.3) is 0 Å². The highest BCUT2D eigenvalue weighted by Gasteiger charge is 2.22. The molecule has 1 aliphatic heterocycles. The van der Waals surface area contributed by atoms with Crippen LogP contribution in [0.1, 0.15) is 30.6 Å². The number of Topliss-reactive ketones (excluding diaryl/α,β-unsaturated/α-hetero) is 1. The summed E-state index contributed by atoms with van der Waals surface area (Å²) in [6.07, 6.45) is 3.03. The van der Waals surface area contributed by atoms with Crippen molar-refractivity contribution in [3.63, 3.8) is 0 Å². The summed E-state index contributed by atoms with van der Waals surface area (Å²) in [5.41, 5.74) is 2.17. The summed E-state index contributed by atoms with van der Waals surface area (Å²) in [4.78, 5) is 24.1. The zero-order chi connectivity index (χ0) is 14.0. The monoisotopic (exact) mass is 260 g/mol. The van der Waals surface area contributed by atoms with Gasteiger partial charge in [-0.05, 0) is 32.4 Å². The number of nitrogens with zero attached hydrogens (tertiary/aromatic N) is 2. The topological polar surface area (TPSA) is 63.5 Å². The van der Waals surface area contributed by atoms with Crippen molar-refractivity contribution in [3.05, 3.63) is 45.5 Å². The van der Waals surface area contributed by atoms with E-state index in [2.05, 4.69) is 6.08 Å². The van der Waals surface area contributed by atoms with Crippen molar-refractivity contribution in [1.82, 2.24) is 0 Å². The van der Waals surface area contributed by atoms with Gasteiger partial charge >= 0.3 is 0 Å². The first kappa shape index (κ1) is 13.3. The Morgan fingerprint density at radius 1 is 1.42 bits per heavy atom. The Morgan fingerprint density at radius 2 is 2.16 bits per heavy atom. The maximum atomic E-state index is 11.3. The second-order valence-corrected chi connectivity index (χ2v) is 4.78. The average Bonchev–Trinajstić information content (AvgIpc) is 2.37. The predicted molar refractivity (Wildman–Crippen MR) is 73.7 cm³/mol. The standard InChI is InChI=1S/C14H16N2O3/c1-10-4-3-7-15(9-10)13-6-5-12(11(2)17)8-14(13)16(18)19/h4-6,8H,3,7,9H2,1-2H3. The van der Waals surface area contributed by atoms with Gasteiger partial charge in [-0.15, -0.1) is 0 Å². The van der Waals surface area contributed by atoms with Crippen molar-refractivity contribution in [2.24, 2.45) is 0 Å². The van der Waals surface area contributed by atoms with Crippen LogP contribution in [0.2, 0.25) is 0 Å². The van der Waals surface area contributed by atoms with Crippen molar-refractivity contribution in [2.45, 2.75) is 20.3 Å². The molecule has 0 aliphatic carbocycles. The third-order valence-corrected chi connectivity index (χ3v) is 3.25. The first-order valence-electron chi connectivity index (χ1n) is 6.19. The fraction of sp³-hybridized carbons (Fsp3) is 0.357. The van der Waals surface area contributed by atoms with E-state index in [0.29, 0.717) is 17.8 Å². The molecule has 1 heterocycles. The molecule has 0 unspecified atom stereocenters. The Morgan fingerprint density at radius 3 is 2.74 bits per heavy atom. The summed E-state index contributed by atoms with van der Waals surface area (Å²) in [7, 11) is 0. The van der Waals surface area contributed by atoms with Gasteiger partial charge in [0.1, 0.15) is 5.69 Å². The van der Waals surface area contributed by atoms with Gasteiger partial charge in [-0.3, -0.25) is 14.9 Å². The first-order valence-corrected chi connectivity index (χ1v) is 6.19. The van der Waals surface area contributed by atoms with Crippen LogP contribution >= 0.6 is 0 Å². The fourth-order valence-electron chi connectivity index (χ4n) is 2.27. The van der Waals surface area contributed by atoms with Crippen molar-refractivity contribution in [1.29, 1.82) is 0 Å². The van der Waals surface area contributed by atoms with Crippen molar-refractivity contribution >= 4 is 17.2 Å². The lowest BCUT2D eigenvalue weighted by atomic mass is 10.1. The Hall–Kier alpha value is -2.17. The molecule has 1 aromatic carbocycles. The molecule has 0 saturated heterocycles. The lowest BCUT2D eigenvalue weighted by Crippen LogP contribution is -2.29. The minimum Gasteiger partial charge on any atom is -0.362 e. The number of carbonyl (C=O) groups excluding carboxylic acids is 1. The van der Waals surface area contributed by atoms with E-state index in [1.54, 1.807) is 12.1 Å². The van der Waals surface area contributed by atoms with Crippen molar-refractivity contribution < 1.29 is 9.72 Å². The molecule has 2 rings (SSSR count). The minimum absolute atomic E-state index is 0.00222. The molecule has 1 aromatic rings. The van der Waals surface area contributed by atoms with E-state index < -0.39 is 4.92 Å². The number of hydrogen-bond donors (Lipinski definition) is 0. The molecule has 5 heteroatoms. The van der Waals surface area contributed by atoms with Crippen LogP contribution in [0, 0.1) is 10.1 Å². The molecule has 0 bridgehead atoms. The van der Waals surface area contributed by atoms with Crippen LogP contribution in [0.3, 0.4) is 0 Å². The van der Waals surface area contributed by atoms with Crippen LogP contribution in [-0.2, 0) is 0 Å². The highest BCUT2D eigenvalue weighted by atomic mass is 16.6. The Kier molecular flexibility index (Phi) is 3.64. The van der Waals surface area contributed by atoms with Gasteiger partial charge in [0.2, 0.25) is 0 Å². The zero-order valence-electron chi connectivity index (χ0n) is 11.0. The molecule has 5 nitrogen and oxygen atoms in total. The molecule has 0 aromatic heterocycles. The van der Waals surface area contributed by atoms with E-state index in [4.69, 9.17) is 0 Å². The number of rotatable bonds is 3. The van der Waals surface area contributed by atoms with E-state index >= 15 is 0 Å². The Balaban J connectivity index is 2.42. The van der Waals surface area contributed by atoms with Crippen LogP contribution in [-0.4, -0.2) is 23.8 Å². The molecule has 0 saturated carbocycles. The smallest absolute Gasteiger partial charge is 0.293 e. The van der Waals surface area contributed by atoms with E-state index in [0.717, 1.165) is 13.0 Å².